The summed E-state index contributed by atoms with van der Waals surface area (Å²) in [5.41, 5.74) is 0. The summed E-state index contributed by atoms with van der Waals surface area (Å²) in [5, 5.41) is 0. The lowest BCUT2D eigenvalue weighted by molar-refractivity contribution is 0.374. The van der Waals surface area contributed by atoms with E-state index in [9.17, 15) is 8.42 Å². The molecule has 0 unspecified atom stereocenters. The first kappa shape index (κ1) is 11.4. The van der Waals surface area contributed by atoms with E-state index in [-0.39, 0.29) is 4.90 Å². The van der Waals surface area contributed by atoms with Crippen LogP contribution in [0.2, 0.25) is 0 Å². The lowest BCUT2D eigenvalue weighted by Crippen LogP contribution is -2.38. The summed E-state index contributed by atoms with van der Waals surface area (Å²) in [7, 11) is -3.38. The van der Waals surface area contributed by atoms with Crippen LogP contribution in [0.5, 0.6) is 0 Å². The number of piperidine rings is 1. The van der Waals surface area contributed by atoms with Crippen molar-refractivity contribution in [2.75, 3.05) is 13.1 Å². The zero-order valence-electron chi connectivity index (χ0n) is 8.96. The summed E-state index contributed by atoms with van der Waals surface area (Å²) in [6.07, 6.45) is 4.71. The third-order valence-corrected chi connectivity index (χ3v) is 4.44. The van der Waals surface area contributed by atoms with E-state index in [2.05, 4.69) is 11.9 Å². The highest BCUT2D eigenvalue weighted by Gasteiger charge is 2.31. The molecule has 2 heterocycles. The molecule has 1 aromatic rings. The summed E-state index contributed by atoms with van der Waals surface area (Å²) >= 11 is 0. The fourth-order valence-electron chi connectivity index (χ4n) is 1.77. The van der Waals surface area contributed by atoms with Crippen LogP contribution in [0.15, 0.2) is 29.4 Å². The van der Waals surface area contributed by atoms with Crippen molar-refractivity contribution in [3.05, 3.63) is 37.4 Å². The maximum absolute atomic E-state index is 12.2. The predicted octanol–water partition coefficient (Wildman–Crippen LogP) is 1.27. The highest BCUT2D eigenvalue weighted by atomic mass is 32.2. The number of pyridine rings is 1. The van der Waals surface area contributed by atoms with Crippen LogP contribution in [-0.4, -0.2) is 30.8 Å². The Bertz CT molecular complexity index is 444. The van der Waals surface area contributed by atoms with Crippen LogP contribution >= 0.6 is 0 Å². The summed E-state index contributed by atoms with van der Waals surface area (Å²) in [6, 6.07) is 3.20. The highest BCUT2D eigenvalue weighted by molar-refractivity contribution is 7.89. The minimum absolute atomic E-state index is 0.254. The number of nitrogens with zero attached hydrogens (tertiary/aromatic N) is 2. The molecular formula is C11H14N2O2S. The van der Waals surface area contributed by atoms with Gasteiger partial charge in [-0.2, -0.15) is 4.31 Å². The molecule has 0 aliphatic carbocycles. The molecule has 5 heteroatoms. The molecule has 86 valence electrons. The number of rotatable bonds is 2. The molecule has 0 saturated carbocycles. The molecule has 0 N–H and O–H groups in total. The van der Waals surface area contributed by atoms with E-state index < -0.39 is 10.0 Å². The van der Waals surface area contributed by atoms with Crippen molar-refractivity contribution in [1.82, 2.24) is 9.29 Å². The zero-order chi connectivity index (χ0) is 11.6. The van der Waals surface area contributed by atoms with Crippen LogP contribution in [-0.2, 0) is 10.0 Å². The fourth-order valence-corrected chi connectivity index (χ4v) is 3.23. The number of hydrogen-bond acceptors (Lipinski definition) is 3. The maximum atomic E-state index is 12.2. The Morgan fingerprint density at radius 3 is 2.94 bits per heavy atom. The fraction of sp³-hybridized carbons (Fsp3) is 0.364. The van der Waals surface area contributed by atoms with Crippen LogP contribution in [0, 0.1) is 12.8 Å². The summed E-state index contributed by atoms with van der Waals surface area (Å²) in [4.78, 5) is 4.09. The van der Waals surface area contributed by atoms with Crippen molar-refractivity contribution in [2.45, 2.75) is 17.7 Å². The Hall–Kier alpha value is -1.07. The molecule has 2 rings (SSSR count). The molecule has 0 bridgehead atoms. The first-order chi connectivity index (χ1) is 7.60. The van der Waals surface area contributed by atoms with Gasteiger partial charge < -0.3 is 0 Å². The van der Waals surface area contributed by atoms with Crippen molar-refractivity contribution in [1.29, 1.82) is 0 Å². The summed E-state index contributed by atoms with van der Waals surface area (Å²) < 4.78 is 25.8. The minimum Gasteiger partial charge on any atom is -0.263 e. The smallest absolute Gasteiger partial charge is 0.247 e. The van der Waals surface area contributed by atoms with Crippen molar-refractivity contribution in [2.24, 2.45) is 0 Å². The van der Waals surface area contributed by atoms with Gasteiger partial charge in [0.1, 0.15) is 11.4 Å². The minimum atomic E-state index is -3.38. The van der Waals surface area contributed by atoms with E-state index in [0.29, 0.717) is 13.1 Å². The van der Waals surface area contributed by atoms with Crippen LogP contribution in [0.1, 0.15) is 12.8 Å². The molecule has 4 nitrogen and oxygen atoms in total. The largest absolute Gasteiger partial charge is 0.263 e. The second-order valence-corrected chi connectivity index (χ2v) is 5.82. The van der Waals surface area contributed by atoms with Gasteiger partial charge in [-0.3, -0.25) is 4.98 Å². The molecule has 1 aromatic heterocycles. The molecular weight excluding hydrogens is 224 g/mol. The van der Waals surface area contributed by atoms with E-state index in [4.69, 9.17) is 0 Å². The van der Waals surface area contributed by atoms with Crippen LogP contribution in [0.25, 0.3) is 0 Å². The Morgan fingerprint density at radius 1 is 1.50 bits per heavy atom. The average molecular weight is 238 g/mol. The lowest BCUT2D eigenvalue weighted by atomic mass is 10.0. The van der Waals surface area contributed by atoms with E-state index in [1.165, 1.54) is 10.5 Å². The van der Waals surface area contributed by atoms with Gasteiger partial charge in [0.2, 0.25) is 10.0 Å². The predicted molar refractivity (Wildman–Crippen MR) is 60.8 cm³/mol. The molecule has 0 atom stereocenters. The Morgan fingerprint density at radius 2 is 2.31 bits per heavy atom. The van der Waals surface area contributed by atoms with Crippen molar-refractivity contribution in [3.63, 3.8) is 0 Å². The van der Waals surface area contributed by atoms with Crippen molar-refractivity contribution in [3.8, 4) is 0 Å². The Kier molecular flexibility index (Phi) is 3.16. The van der Waals surface area contributed by atoms with E-state index in [0.717, 1.165) is 18.8 Å². The molecule has 0 aromatic carbocycles. The molecule has 0 spiro atoms. The number of hydrogen-bond donors (Lipinski definition) is 0. The molecule has 16 heavy (non-hydrogen) atoms. The first-order valence-electron chi connectivity index (χ1n) is 5.17. The topological polar surface area (TPSA) is 50.3 Å². The van der Waals surface area contributed by atoms with Gasteiger partial charge in [-0.1, -0.05) is 0 Å². The average Bonchev–Trinajstić information content (AvgIpc) is 2.30. The Balaban J connectivity index is 2.26. The van der Waals surface area contributed by atoms with Crippen molar-refractivity contribution >= 4 is 10.0 Å². The van der Waals surface area contributed by atoms with Gasteiger partial charge in [-0.15, -0.1) is 6.92 Å². The van der Waals surface area contributed by atoms with Gasteiger partial charge in [0, 0.05) is 18.9 Å². The van der Waals surface area contributed by atoms with Gasteiger partial charge in [-0.25, -0.2) is 8.42 Å². The molecule has 0 amide bonds. The number of aromatic nitrogens is 1. The van der Waals surface area contributed by atoms with Gasteiger partial charge in [0.05, 0.1) is 6.42 Å². The first-order valence-corrected chi connectivity index (χ1v) is 6.61. The quantitative estimate of drug-likeness (QED) is 0.729. The van der Waals surface area contributed by atoms with E-state index in [1.807, 2.05) is 0 Å². The molecule has 1 fully saturated rings. The van der Waals surface area contributed by atoms with Gasteiger partial charge in [-0.05, 0) is 24.5 Å². The monoisotopic (exact) mass is 238 g/mol. The Labute approximate surface area is 96.4 Å². The summed E-state index contributed by atoms with van der Waals surface area (Å²) in [6.45, 7) is 4.84. The van der Waals surface area contributed by atoms with Crippen LogP contribution in [0.3, 0.4) is 0 Å². The van der Waals surface area contributed by atoms with Crippen LogP contribution in [0.4, 0.5) is 0 Å². The third kappa shape index (κ3) is 2.20. The summed E-state index contributed by atoms with van der Waals surface area (Å²) in [5.74, 6) is 0.971. The second kappa shape index (κ2) is 4.43. The van der Waals surface area contributed by atoms with Crippen LogP contribution < -0.4 is 0 Å². The standard InChI is InChI=1S/C11H14N2O2S/c1-10-4-3-7-13(9-10)16(14,15)11-5-2-6-12-8-11/h2,5-6,8H,1,3-4,7,9H2. The number of sulfonamides is 1. The zero-order valence-corrected chi connectivity index (χ0v) is 9.78. The second-order valence-electron chi connectivity index (χ2n) is 3.88. The molecule has 1 saturated heterocycles. The molecule has 0 radical (unpaired) electrons. The lowest BCUT2D eigenvalue weighted by Gasteiger charge is -2.26. The van der Waals surface area contributed by atoms with Gasteiger partial charge in [0.15, 0.2) is 0 Å². The molecule has 1 aliphatic heterocycles. The normalized spacial score (nSPS) is 18.7. The SMILES string of the molecule is [CH2-][C+]1CCCN(S(=O)(=O)c2cccnc2)C1. The third-order valence-electron chi connectivity index (χ3n) is 2.61. The van der Waals surface area contributed by atoms with Crippen molar-refractivity contribution < 1.29 is 8.42 Å². The maximum Gasteiger partial charge on any atom is 0.247 e. The van der Waals surface area contributed by atoms with Gasteiger partial charge in [0.25, 0.3) is 0 Å². The van der Waals surface area contributed by atoms with Gasteiger partial charge >= 0.3 is 0 Å². The highest BCUT2D eigenvalue weighted by Crippen LogP contribution is 2.23. The molecule has 1 aliphatic rings. The van der Waals surface area contributed by atoms with E-state index in [1.54, 1.807) is 18.3 Å². The van der Waals surface area contributed by atoms with E-state index >= 15 is 0 Å².